The molecule has 0 amide bonds. The minimum Gasteiger partial charge on any atom is -0.478 e. The average Bonchev–Trinajstić information content (AvgIpc) is 2.76. The van der Waals surface area contributed by atoms with Crippen LogP contribution >= 0.6 is 0 Å². The van der Waals surface area contributed by atoms with Crippen molar-refractivity contribution in [3.8, 4) is 0 Å². The fourth-order valence-electron chi connectivity index (χ4n) is 2.82. The fourth-order valence-corrected chi connectivity index (χ4v) is 2.82. The maximum atomic E-state index is 14.1. The number of rotatable bonds is 1. The van der Waals surface area contributed by atoms with Crippen LogP contribution in [0.15, 0.2) is 23.2 Å². The predicted molar refractivity (Wildman–Crippen MR) is 66.2 cm³/mol. The normalized spacial score (nSPS) is 30.6. The zero-order valence-electron chi connectivity index (χ0n) is 10.6. The van der Waals surface area contributed by atoms with Gasteiger partial charge >= 0.3 is 0 Å². The highest BCUT2D eigenvalue weighted by Gasteiger charge is 2.49. The van der Waals surface area contributed by atoms with Gasteiger partial charge < -0.3 is 9.47 Å². The summed E-state index contributed by atoms with van der Waals surface area (Å²) in [5.74, 6) is 0.396. The zero-order chi connectivity index (χ0) is 12.8. The highest BCUT2D eigenvalue weighted by atomic mass is 19.1. The number of hydrogen-bond donors (Lipinski definition) is 0. The van der Waals surface area contributed by atoms with Crippen molar-refractivity contribution in [3.63, 3.8) is 0 Å². The molecule has 2 heterocycles. The number of hydrogen-bond acceptors (Lipinski definition) is 3. The summed E-state index contributed by atoms with van der Waals surface area (Å²) in [6.07, 6.45) is 0.524. The zero-order valence-corrected chi connectivity index (χ0v) is 10.6. The van der Waals surface area contributed by atoms with Crippen LogP contribution in [0.3, 0.4) is 0 Å². The Morgan fingerprint density at radius 2 is 2.22 bits per heavy atom. The molecule has 2 aliphatic heterocycles. The molecule has 18 heavy (non-hydrogen) atoms. The molecule has 0 unspecified atom stereocenters. The summed E-state index contributed by atoms with van der Waals surface area (Å²) in [6.45, 7) is 4.81. The molecule has 1 aromatic carbocycles. The van der Waals surface area contributed by atoms with Gasteiger partial charge in [-0.3, -0.25) is 0 Å². The monoisotopic (exact) mass is 249 g/mol. The third-order valence-corrected chi connectivity index (χ3v) is 3.72. The van der Waals surface area contributed by atoms with E-state index in [9.17, 15) is 4.39 Å². The summed E-state index contributed by atoms with van der Waals surface area (Å²) >= 11 is 0. The van der Waals surface area contributed by atoms with Gasteiger partial charge in [-0.15, -0.1) is 0 Å². The largest absolute Gasteiger partial charge is 0.478 e. The third kappa shape index (κ3) is 1.63. The van der Waals surface area contributed by atoms with Gasteiger partial charge in [0.25, 0.3) is 0 Å². The Balaban J connectivity index is 2.17. The summed E-state index contributed by atoms with van der Waals surface area (Å²) in [6, 6.07) is 5.16. The number of halogens is 1. The first-order chi connectivity index (χ1) is 8.62. The molecule has 2 aliphatic rings. The van der Waals surface area contributed by atoms with Gasteiger partial charge in [-0.1, -0.05) is 17.7 Å². The van der Waals surface area contributed by atoms with Crippen molar-refractivity contribution in [2.75, 3.05) is 13.2 Å². The SMILES string of the molecule is CC1=N[C@]2(c3cc(C)ccc3F)CCO[C@@H]2CO1. The number of nitrogens with zero attached hydrogens (tertiary/aromatic N) is 1. The Kier molecular flexibility index (Phi) is 2.63. The van der Waals surface area contributed by atoms with E-state index < -0.39 is 5.54 Å². The molecule has 3 nitrogen and oxygen atoms in total. The molecule has 96 valence electrons. The molecule has 0 aliphatic carbocycles. The molecule has 3 rings (SSSR count). The van der Waals surface area contributed by atoms with E-state index in [2.05, 4.69) is 4.99 Å². The smallest absolute Gasteiger partial charge is 0.181 e. The predicted octanol–water partition coefficient (Wildman–Crippen LogP) is 2.57. The van der Waals surface area contributed by atoms with Crippen molar-refractivity contribution in [3.05, 3.63) is 35.1 Å². The first-order valence-corrected chi connectivity index (χ1v) is 6.19. The molecule has 0 aromatic heterocycles. The van der Waals surface area contributed by atoms with Crippen LogP contribution in [0.1, 0.15) is 24.5 Å². The lowest BCUT2D eigenvalue weighted by Crippen LogP contribution is -2.42. The quantitative estimate of drug-likeness (QED) is 0.766. The second-order valence-corrected chi connectivity index (χ2v) is 4.96. The van der Waals surface area contributed by atoms with Gasteiger partial charge in [0, 0.05) is 18.9 Å². The lowest BCUT2D eigenvalue weighted by molar-refractivity contribution is 0.0213. The van der Waals surface area contributed by atoms with Gasteiger partial charge in [-0.25, -0.2) is 9.38 Å². The van der Waals surface area contributed by atoms with E-state index in [1.807, 2.05) is 19.9 Å². The molecule has 1 saturated heterocycles. The highest BCUT2D eigenvalue weighted by Crippen LogP contribution is 2.43. The van der Waals surface area contributed by atoms with Gasteiger partial charge in [-0.05, 0) is 13.0 Å². The molecule has 0 bridgehead atoms. The Hall–Kier alpha value is -1.42. The number of benzene rings is 1. The van der Waals surface area contributed by atoms with Gasteiger partial charge in [-0.2, -0.15) is 0 Å². The van der Waals surface area contributed by atoms with Gasteiger partial charge in [0.2, 0.25) is 0 Å². The van der Waals surface area contributed by atoms with Gasteiger partial charge in [0.05, 0.1) is 6.61 Å². The van der Waals surface area contributed by atoms with E-state index in [-0.39, 0.29) is 11.9 Å². The van der Waals surface area contributed by atoms with Crippen LogP contribution < -0.4 is 0 Å². The molecule has 4 heteroatoms. The van der Waals surface area contributed by atoms with Crippen molar-refractivity contribution < 1.29 is 13.9 Å². The third-order valence-electron chi connectivity index (χ3n) is 3.72. The van der Waals surface area contributed by atoms with E-state index in [1.54, 1.807) is 6.07 Å². The average molecular weight is 249 g/mol. The summed E-state index contributed by atoms with van der Waals surface area (Å²) < 4.78 is 25.2. The second-order valence-electron chi connectivity index (χ2n) is 4.96. The van der Waals surface area contributed by atoms with Crippen LogP contribution in [-0.4, -0.2) is 25.2 Å². The number of ether oxygens (including phenoxy) is 2. The topological polar surface area (TPSA) is 30.8 Å². The fraction of sp³-hybridized carbons (Fsp3) is 0.500. The Morgan fingerprint density at radius 1 is 1.39 bits per heavy atom. The first-order valence-electron chi connectivity index (χ1n) is 6.19. The molecule has 0 N–H and O–H groups in total. The van der Waals surface area contributed by atoms with Crippen LogP contribution in [0.25, 0.3) is 0 Å². The van der Waals surface area contributed by atoms with Crippen LogP contribution in [-0.2, 0) is 15.0 Å². The van der Waals surface area contributed by atoms with E-state index in [0.717, 1.165) is 5.56 Å². The summed E-state index contributed by atoms with van der Waals surface area (Å²) in [7, 11) is 0. The lowest BCUT2D eigenvalue weighted by Gasteiger charge is -2.35. The van der Waals surface area contributed by atoms with Crippen LogP contribution in [0.5, 0.6) is 0 Å². The van der Waals surface area contributed by atoms with E-state index >= 15 is 0 Å². The summed E-state index contributed by atoms with van der Waals surface area (Å²) in [5, 5.41) is 0. The van der Waals surface area contributed by atoms with Gasteiger partial charge in [0.15, 0.2) is 5.90 Å². The van der Waals surface area contributed by atoms with Crippen LogP contribution in [0.4, 0.5) is 4.39 Å². The van der Waals surface area contributed by atoms with Crippen molar-refractivity contribution in [1.29, 1.82) is 0 Å². The van der Waals surface area contributed by atoms with Crippen molar-refractivity contribution in [2.24, 2.45) is 4.99 Å². The summed E-state index contributed by atoms with van der Waals surface area (Å²) in [4.78, 5) is 4.58. The highest BCUT2D eigenvalue weighted by molar-refractivity contribution is 5.75. The van der Waals surface area contributed by atoms with Crippen LogP contribution in [0, 0.1) is 12.7 Å². The van der Waals surface area contributed by atoms with Crippen molar-refractivity contribution in [2.45, 2.75) is 31.9 Å². The van der Waals surface area contributed by atoms with Crippen molar-refractivity contribution >= 4 is 5.90 Å². The van der Waals surface area contributed by atoms with Crippen molar-refractivity contribution in [1.82, 2.24) is 0 Å². The number of aryl methyl sites for hydroxylation is 1. The first kappa shape index (κ1) is 11.7. The number of fused-ring (bicyclic) bond motifs is 1. The molecule has 1 fully saturated rings. The molecule has 0 saturated carbocycles. The van der Waals surface area contributed by atoms with E-state index in [0.29, 0.717) is 31.1 Å². The molecule has 0 spiro atoms. The maximum absolute atomic E-state index is 14.1. The molecule has 1 aromatic rings. The second kappa shape index (κ2) is 4.05. The minimum atomic E-state index is -0.599. The van der Waals surface area contributed by atoms with Crippen LogP contribution in [0.2, 0.25) is 0 Å². The number of aliphatic imine (C=N–C) groups is 1. The van der Waals surface area contributed by atoms with Gasteiger partial charge in [0.1, 0.15) is 24.1 Å². The molecular weight excluding hydrogens is 233 g/mol. The minimum absolute atomic E-state index is 0.183. The Labute approximate surface area is 106 Å². The molecule has 0 radical (unpaired) electrons. The Bertz CT molecular complexity index is 515. The maximum Gasteiger partial charge on any atom is 0.181 e. The summed E-state index contributed by atoms with van der Waals surface area (Å²) in [5.41, 5.74) is 1.07. The lowest BCUT2D eigenvalue weighted by atomic mass is 9.82. The molecule has 2 atom stereocenters. The standard InChI is InChI=1S/C14H16FNO2/c1-9-3-4-12(15)11(7-9)14-5-6-17-13(14)8-18-10(2)16-14/h3-4,7,13H,5-6,8H2,1-2H3/t13-,14+/m1/s1. The molecular formula is C14H16FNO2. The van der Waals surface area contributed by atoms with E-state index in [4.69, 9.17) is 9.47 Å². The Morgan fingerprint density at radius 3 is 3.06 bits per heavy atom. The van der Waals surface area contributed by atoms with E-state index in [1.165, 1.54) is 6.07 Å².